The summed E-state index contributed by atoms with van der Waals surface area (Å²) in [7, 11) is -3.48. The number of carbonyl (C=O) groups excluding carboxylic acids is 1. The van der Waals surface area contributed by atoms with Crippen LogP contribution in [0.1, 0.15) is 38.4 Å². The van der Waals surface area contributed by atoms with Gasteiger partial charge in [-0.3, -0.25) is 0 Å². The van der Waals surface area contributed by atoms with Crippen molar-refractivity contribution in [1.29, 1.82) is 0 Å². The van der Waals surface area contributed by atoms with Crippen LogP contribution < -0.4 is 5.11 Å². The summed E-state index contributed by atoms with van der Waals surface area (Å²) in [5, 5.41) is 30.9. The molecular formula is C26H28FN2O6S-. The molecular weight excluding hydrogens is 487 g/mol. The Morgan fingerprint density at radius 3 is 2.39 bits per heavy atom. The molecule has 0 spiro atoms. The van der Waals surface area contributed by atoms with E-state index < -0.39 is 40.3 Å². The highest BCUT2D eigenvalue weighted by Crippen LogP contribution is 2.36. The lowest BCUT2D eigenvalue weighted by atomic mass is 10.0. The van der Waals surface area contributed by atoms with Gasteiger partial charge in [0.1, 0.15) is 11.6 Å². The van der Waals surface area contributed by atoms with Gasteiger partial charge < -0.3 is 24.7 Å². The second kappa shape index (κ2) is 11.2. The minimum Gasteiger partial charge on any atom is -0.550 e. The van der Waals surface area contributed by atoms with Gasteiger partial charge >= 0.3 is 0 Å². The van der Waals surface area contributed by atoms with E-state index in [4.69, 9.17) is 4.98 Å². The number of hydrogen-bond donors (Lipinski definition) is 2. The van der Waals surface area contributed by atoms with E-state index in [0.717, 1.165) is 6.26 Å². The first-order valence-corrected chi connectivity index (χ1v) is 13.2. The Balaban J connectivity index is 2.18. The number of rotatable bonds is 10. The Hall–Kier alpha value is -3.34. The number of hydrogen-bond acceptors (Lipinski definition) is 7. The molecule has 2 N–H and O–H groups in total. The van der Waals surface area contributed by atoms with Crippen molar-refractivity contribution in [2.75, 3.05) is 6.26 Å². The van der Waals surface area contributed by atoms with Crippen molar-refractivity contribution in [3.05, 3.63) is 66.2 Å². The van der Waals surface area contributed by atoms with Gasteiger partial charge in [0.05, 0.1) is 28.5 Å². The molecule has 2 aromatic carbocycles. The number of carboxylic acid groups (broad SMARTS) is 1. The van der Waals surface area contributed by atoms with Crippen LogP contribution >= 0.6 is 0 Å². The third-order valence-electron chi connectivity index (χ3n) is 5.48. The monoisotopic (exact) mass is 515 g/mol. The van der Waals surface area contributed by atoms with Gasteiger partial charge in [-0.2, -0.15) is 0 Å². The largest absolute Gasteiger partial charge is 0.550 e. The fourth-order valence-corrected chi connectivity index (χ4v) is 4.45. The molecule has 0 saturated carbocycles. The lowest BCUT2D eigenvalue weighted by molar-refractivity contribution is -0.307. The van der Waals surface area contributed by atoms with E-state index in [9.17, 15) is 32.9 Å². The molecule has 0 amide bonds. The minimum atomic E-state index is -3.48. The maximum Gasteiger partial charge on any atom is 0.175 e. The number of benzene rings is 2. The second-order valence-electron chi connectivity index (χ2n) is 8.87. The molecule has 192 valence electrons. The second-order valence-corrected chi connectivity index (χ2v) is 10.9. The van der Waals surface area contributed by atoms with Gasteiger partial charge in [0.15, 0.2) is 9.84 Å². The summed E-state index contributed by atoms with van der Waals surface area (Å²) in [6.07, 6.45) is 0.800. The number of aromatic nitrogens is 2. The molecule has 3 aromatic rings. The van der Waals surface area contributed by atoms with Crippen LogP contribution in [0, 0.1) is 5.82 Å². The van der Waals surface area contributed by atoms with E-state index in [0.29, 0.717) is 28.3 Å². The highest BCUT2D eigenvalue weighted by molar-refractivity contribution is 7.90. The highest BCUT2D eigenvalue weighted by Gasteiger charge is 2.22. The number of aliphatic hydroxyl groups is 2. The van der Waals surface area contributed by atoms with Gasteiger partial charge in [-0.25, -0.2) is 17.8 Å². The summed E-state index contributed by atoms with van der Waals surface area (Å²) in [5.74, 6) is -1.35. The SMILES string of the molecule is CC(C)c1nc(-c2cccc(S(C)(=O)=O)c2)c(-c2ccc(F)cc2)n1/C=C/[C@@H](O)C[C@@H](O)CC(=O)[O-]. The maximum absolute atomic E-state index is 13.7. The third kappa shape index (κ3) is 6.66. The van der Waals surface area contributed by atoms with Gasteiger partial charge in [-0.15, -0.1) is 0 Å². The average Bonchev–Trinajstić information content (AvgIpc) is 3.17. The highest BCUT2D eigenvalue weighted by atomic mass is 32.2. The maximum atomic E-state index is 13.7. The molecule has 2 atom stereocenters. The van der Waals surface area contributed by atoms with Crippen LogP contribution in [0.4, 0.5) is 4.39 Å². The van der Waals surface area contributed by atoms with Crippen LogP contribution in [0.15, 0.2) is 59.5 Å². The number of imidazole rings is 1. The first-order chi connectivity index (χ1) is 16.9. The first-order valence-electron chi connectivity index (χ1n) is 11.3. The van der Waals surface area contributed by atoms with Crippen molar-refractivity contribution in [1.82, 2.24) is 9.55 Å². The fourth-order valence-electron chi connectivity index (χ4n) is 3.79. The van der Waals surface area contributed by atoms with E-state index in [-0.39, 0.29) is 17.2 Å². The van der Waals surface area contributed by atoms with Gasteiger partial charge in [0, 0.05) is 48.3 Å². The Morgan fingerprint density at radius 1 is 1.14 bits per heavy atom. The first kappa shape index (κ1) is 27.3. The van der Waals surface area contributed by atoms with Gasteiger partial charge in [-0.1, -0.05) is 26.0 Å². The zero-order valence-corrected chi connectivity index (χ0v) is 20.9. The number of carbonyl (C=O) groups is 1. The van der Waals surface area contributed by atoms with Gasteiger partial charge in [-0.05, 0) is 42.5 Å². The summed E-state index contributed by atoms with van der Waals surface area (Å²) in [5.41, 5.74) is 2.15. The number of aliphatic hydroxyl groups excluding tert-OH is 2. The van der Waals surface area contributed by atoms with Crippen LogP contribution in [-0.2, 0) is 14.6 Å². The van der Waals surface area contributed by atoms with Crippen molar-refractivity contribution in [2.24, 2.45) is 0 Å². The Morgan fingerprint density at radius 2 is 1.81 bits per heavy atom. The number of sulfone groups is 1. The molecule has 36 heavy (non-hydrogen) atoms. The molecule has 0 bridgehead atoms. The van der Waals surface area contributed by atoms with Crippen molar-refractivity contribution in [2.45, 2.75) is 49.7 Å². The van der Waals surface area contributed by atoms with Gasteiger partial charge in [0.25, 0.3) is 0 Å². The smallest absolute Gasteiger partial charge is 0.175 e. The molecule has 8 nitrogen and oxygen atoms in total. The molecule has 1 heterocycles. The molecule has 3 rings (SSSR count). The Kier molecular flexibility index (Phi) is 8.44. The van der Waals surface area contributed by atoms with Crippen LogP contribution in [0.3, 0.4) is 0 Å². The Bertz CT molecular complexity index is 1360. The van der Waals surface area contributed by atoms with Crippen LogP contribution in [0.25, 0.3) is 28.7 Å². The van der Waals surface area contributed by atoms with E-state index in [1.165, 1.54) is 30.3 Å². The Labute approximate surface area is 209 Å². The molecule has 0 aliphatic carbocycles. The molecule has 0 radical (unpaired) electrons. The van der Waals surface area contributed by atoms with Crippen molar-refractivity contribution < 1.29 is 32.9 Å². The number of carboxylic acids is 1. The summed E-state index contributed by atoms with van der Waals surface area (Å²) < 4.78 is 39.7. The predicted octanol–water partition coefficient (Wildman–Crippen LogP) is 2.61. The van der Waals surface area contributed by atoms with Crippen molar-refractivity contribution in [3.63, 3.8) is 0 Å². The lowest BCUT2D eigenvalue weighted by Gasteiger charge is -2.15. The summed E-state index contributed by atoms with van der Waals surface area (Å²) >= 11 is 0. The number of nitrogens with zero attached hydrogens (tertiary/aromatic N) is 2. The van der Waals surface area contributed by atoms with E-state index in [1.54, 1.807) is 35.0 Å². The topological polar surface area (TPSA) is 133 Å². The van der Waals surface area contributed by atoms with Gasteiger partial charge in [0.2, 0.25) is 0 Å². The van der Waals surface area contributed by atoms with Crippen LogP contribution in [-0.4, -0.2) is 52.6 Å². The number of halogens is 1. The third-order valence-corrected chi connectivity index (χ3v) is 6.59. The minimum absolute atomic E-state index is 0.0958. The summed E-state index contributed by atoms with van der Waals surface area (Å²) in [6, 6.07) is 12.1. The molecule has 0 saturated heterocycles. The summed E-state index contributed by atoms with van der Waals surface area (Å²) in [4.78, 5) is 15.6. The molecule has 0 unspecified atom stereocenters. The molecule has 10 heteroatoms. The van der Waals surface area contributed by atoms with Crippen molar-refractivity contribution in [3.8, 4) is 22.5 Å². The molecule has 0 fully saturated rings. The molecule has 0 aliphatic rings. The normalized spacial score (nSPS) is 13.9. The average molecular weight is 516 g/mol. The van der Waals surface area contributed by atoms with Crippen molar-refractivity contribution >= 4 is 22.0 Å². The standard InChI is InChI=1S/C26H29FN2O6S/c1-16(2)26-28-24(18-5-4-6-22(13-18)36(3,34)35)25(17-7-9-19(27)10-8-17)29(26)12-11-20(30)14-21(31)15-23(32)33/h4-13,16,20-21,30-31H,14-15H2,1-3H3,(H,32,33)/p-1/b12-11+/t20-,21-/m1/s1. The lowest BCUT2D eigenvalue weighted by Crippen LogP contribution is -2.29. The zero-order valence-electron chi connectivity index (χ0n) is 20.1. The quantitative estimate of drug-likeness (QED) is 0.424. The zero-order chi connectivity index (χ0) is 26.6. The molecule has 1 aromatic heterocycles. The predicted molar refractivity (Wildman–Crippen MR) is 132 cm³/mol. The van der Waals surface area contributed by atoms with E-state index in [2.05, 4.69) is 0 Å². The van der Waals surface area contributed by atoms with Crippen LogP contribution in [0.5, 0.6) is 0 Å². The van der Waals surface area contributed by atoms with E-state index >= 15 is 0 Å². The number of aliphatic carboxylic acids is 1. The molecule has 0 aliphatic heterocycles. The fraction of sp³-hybridized carbons (Fsp3) is 0.308. The van der Waals surface area contributed by atoms with Crippen LogP contribution in [0.2, 0.25) is 0 Å². The van der Waals surface area contributed by atoms with E-state index in [1.807, 2.05) is 13.8 Å². The summed E-state index contributed by atoms with van der Waals surface area (Å²) in [6.45, 7) is 3.83.